The Labute approximate surface area is 221 Å². The number of amidine groups is 1. The summed E-state index contributed by atoms with van der Waals surface area (Å²) in [7, 11) is 3.02. The van der Waals surface area contributed by atoms with Gasteiger partial charge < -0.3 is 25.0 Å². The van der Waals surface area contributed by atoms with Crippen molar-refractivity contribution < 1.29 is 23.9 Å². The summed E-state index contributed by atoms with van der Waals surface area (Å²) < 4.78 is 11.0. The van der Waals surface area contributed by atoms with E-state index in [1.165, 1.54) is 7.05 Å². The van der Waals surface area contributed by atoms with Crippen LogP contribution in [-0.4, -0.2) is 55.8 Å². The molecule has 2 amide bonds. The molecule has 36 heavy (non-hydrogen) atoms. The van der Waals surface area contributed by atoms with Crippen LogP contribution in [0.4, 0.5) is 4.79 Å². The molecule has 9 nitrogen and oxygen atoms in total. The first-order chi connectivity index (χ1) is 16.5. The third-order valence-electron chi connectivity index (χ3n) is 5.76. The molecule has 0 saturated carbocycles. The minimum absolute atomic E-state index is 0. The van der Waals surface area contributed by atoms with Crippen molar-refractivity contribution in [2.24, 2.45) is 0 Å². The minimum Gasteiger partial charge on any atom is -0.493 e. The highest BCUT2D eigenvalue weighted by atomic mass is 79.9. The van der Waals surface area contributed by atoms with Gasteiger partial charge in [-0.25, -0.2) is 4.79 Å². The SMILES string of the molecule is Br.CCOc1cc2c(cc1C(=O)NC)C(=N)N(CC(=O)c1ccc(OC(=O)NC)c(C(C)(C)C)c1)C2. The molecule has 1 aliphatic rings. The van der Waals surface area contributed by atoms with E-state index < -0.39 is 6.09 Å². The van der Waals surface area contributed by atoms with Crippen molar-refractivity contribution in [1.82, 2.24) is 15.5 Å². The Balaban J connectivity index is 0.00000456. The Kier molecular flexibility index (Phi) is 9.26. The molecule has 3 rings (SSSR count). The number of hydrogen-bond donors (Lipinski definition) is 3. The number of nitrogens with one attached hydrogen (secondary N) is 3. The van der Waals surface area contributed by atoms with Gasteiger partial charge in [0.1, 0.15) is 17.3 Å². The second-order valence-electron chi connectivity index (χ2n) is 9.25. The zero-order valence-corrected chi connectivity index (χ0v) is 23.1. The molecule has 0 saturated heterocycles. The second kappa shape index (κ2) is 11.6. The average molecular weight is 561 g/mol. The molecule has 0 aliphatic carbocycles. The third-order valence-corrected chi connectivity index (χ3v) is 5.76. The monoisotopic (exact) mass is 560 g/mol. The van der Waals surface area contributed by atoms with E-state index in [-0.39, 0.29) is 46.5 Å². The van der Waals surface area contributed by atoms with Crippen LogP contribution in [0.1, 0.15) is 65.1 Å². The summed E-state index contributed by atoms with van der Waals surface area (Å²) >= 11 is 0. The number of ketones is 1. The fourth-order valence-electron chi connectivity index (χ4n) is 3.94. The standard InChI is InChI=1S/C26H32N4O5.BrH/c1-7-34-22-11-16-13-30(23(27)17(16)12-18(22)24(32)28-5)14-20(31)15-8-9-21(35-25(33)29-6)19(10-15)26(2,3)4;/h8-12,27H,7,13-14H2,1-6H3,(H,28,32)(H,29,33);1H. The predicted molar refractivity (Wildman–Crippen MR) is 143 cm³/mol. The molecule has 2 aromatic carbocycles. The lowest BCUT2D eigenvalue weighted by Crippen LogP contribution is -2.30. The van der Waals surface area contributed by atoms with Crippen LogP contribution in [0.2, 0.25) is 0 Å². The number of amides is 2. The van der Waals surface area contributed by atoms with Gasteiger partial charge in [-0.2, -0.15) is 0 Å². The van der Waals surface area contributed by atoms with Crippen molar-refractivity contribution in [3.05, 3.63) is 58.1 Å². The van der Waals surface area contributed by atoms with Gasteiger partial charge in [-0.3, -0.25) is 15.0 Å². The van der Waals surface area contributed by atoms with Crippen molar-refractivity contribution in [2.45, 2.75) is 39.7 Å². The normalized spacial score (nSPS) is 12.4. The van der Waals surface area contributed by atoms with E-state index in [0.717, 1.165) is 11.1 Å². The summed E-state index contributed by atoms with van der Waals surface area (Å²) in [5, 5.41) is 13.6. The fourth-order valence-corrected chi connectivity index (χ4v) is 3.94. The molecule has 0 spiro atoms. The molecule has 1 aliphatic heterocycles. The van der Waals surface area contributed by atoms with Crippen LogP contribution in [0.3, 0.4) is 0 Å². The Bertz CT molecular complexity index is 1190. The van der Waals surface area contributed by atoms with Gasteiger partial charge in [0.2, 0.25) is 0 Å². The molecular formula is C26H33BrN4O5. The molecule has 0 atom stereocenters. The summed E-state index contributed by atoms with van der Waals surface area (Å²) in [6.07, 6.45) is -0.583. The summed E-state index contributed by atoms with van der Waals surface area (Å²) in [5.74, 6) is 0.550. The first kappa shape index (κ1) is 28.8. The summed E-state index contributed by atoms with van der Waals surface area (Å²) in [5.41, 5.74) is 2.59. The molecule has 0 radical (unpaired) electrons. The van der Waals surface area contributed by atoms with Crippen LogP contribution in [0.5, 0.6) is 11.5 Å². The van der Waals surface area contributed by atoms with Crippen LogP contribution >= 0.6 is 17.0 Å². The maximum atomic E-state index is 13.2. The molecule has 0 unspecified atom stereocenters. The van der Waals surface area contributed by atoms with E-state index in [0.29, 0.717) is 41.3 Å². The Morgan fingerprint density at radius 3 is 2.33 bits per heavy atom. The number of hydrogen-bond acceptors (Lipinski definition) is 6. The fraction of sp³-hybridized carbons (Fsp3) is 0.385. The summed E-state index contributed by atoms with van der Waals surface area (Å²) in [4.78, 5) is 38.9. The van der Waals surface area contributed by atoms with Crippen molar-refractivity contribution >= 4 is 40.6 Å². The molecule has 0 aromatic heterocycles. The van der Waals surface area contributed by atoms with Crippen molar-refractivity contribution in [2.75, 3.05) is 27.2 Å². The predicted octanol–water partition coefficient (Wildman–Crippen LogP) is 4.06. The van der Waals surface area contributed by atoms with E-state index in [2.05, 4.69) is 10.6 Å². The van der Waals surface area contributed by atoms with Gasteiger partial charge in [0.25, 0.3) is 5.91 Å². The van der Waals surface area contributed by atoms with Crippen LogP contribution in [0, 0.1) is 5.41 Å². The number of benzene rings is 2. The summed E-state index contributed by atoms with van der Waals surface area (Å²) in [6, 6.07) is 8.40. The lowest BCUT2D eigenvalue weighted by molar-refractivity contribution is 0.0953. The number of Topliss-reactive ketones (excluding diaryl/α,β-unsaturated/α-hetero) is 1. The number of carbonyl (C=O) groups is 3. The van der Waals surface area contributed by atoms with Crippen LogP contribution in [0.15, 0.2) is 30.3 Å². The largest absolute Gasteiger partial charge is 0.493 e. The number of rotatable bonds is 7. The molecule has 2 aromatic rings. The Morgan fingerprint density at radius 2 is 1.75 bits per heavy atom. The average Bonchev–Trinajstić information content (AvgIpc) is 3.11. The Hall–Kier alpha value is -3.40. The van der Waals surface area contributed by atoms with Gasteiger partial charge in [0.05, 0.1) is 18.7 Å². The number of fused-ring (bicyclic) bond motifs is 1. The lowest BCUT2D eigenvalue weighted by Gasteiger charge is -2.23. The second-order valence-corrected chi connectivity index (χ2v) is 9.25. The van der Waals surface area contributed by atoms with Gasteiger partial charge >= 0.3 is 6.09 Å². The Morgan fingerprint density at radius 1 is 1.06 bits per heavy atom. The van der Waals surface area contributed by atoms with E-state index in [9.17, 15) is 14.4 Å². The topological polar surface area (TPSA) is 121 Å². The van der Waals surface area contributed by atoms with Crippen molar-refractivity contribution in [1.29, 1.82) is 5.41 Å². The molecule has 0 bridgehead atoms. The zero-order chi connectivity index (χ0) is 25.9. The van der Waals surface area contributed by atoms with Gasteiger partial charge in [-0.15, -0.1) is 17.0 Å². The molecular weight excluding hydrogens is 528 g/mol. The highest BCUT2D eigenvalue weighted by Crippen LogP contribution is 2.34. The number of halogens is 1. The molecule has 10 heteroatoms. The summed E-state index contributed by atoms with van der Waals surface area (Å²) in [6.45, 7) is 8.51. The first-order valence-corrected chi connectivity index (χ1v) is 11.4. The number of carbonyl (C=O) groups excluding carboxylic acids is 3. The van der Waals surface area contributed by atoms with E-state index in [1.54, 1.807) is 42.3 Å². The maximum absolute atomic E-state index is 13.2. The third kappa shape index (κ3) is 6.04. The first-order valence-electron chi connectivity index (χ1n) is 11.4. The van der Waals surface area contributed by atoms with E-state index in [4.69, 9.17) is 14.9 Å². The quantitative estimate of drug-likeness (QED) is 0.439. The van der Waals surface area contributed by atoms with Crippen LogP contribution in [-0.2, 0) is 12.0 Å². The van der Waals surface area contributed by atoms with Gasteiger partial charge in [-0.05, 0) is 48.2 Å². The van der Waals surface area contributed by atoms with Gasteiger partial charge in [0, 0.05) is 37.3 Å². The molecule has 1 heterocycles. The van der Waals surface area contributed by atoms with E-state index in [1.807, 2.05) is 27.7 Å². The maximum Gasteiger partial charge on any atom is 0.412 e. The minimum atomic E-state index is -0.583. The molecule has 3 N–H and O–H groups in total. The van der Waals surface area contributed by atoms with Gasteiger partial charge in [0.15, 0.2) is 5.78 Å². The highest BCUT2D eigenvalue weighted by molar-refractivity contribution is 8.93. The highest BCUT2D eigenvalue weighted by Gasteiger charge is 2.30. The molecule has 0 fully saturated rings. The van der Waals surface area contributed by atoms with Crippen molar-refractivity contribution in [3.63, 3.8) is 0 Å². The van der Waals surface area contributed by atoms with Crippen molar-refractivity contribution in [3.8, 4) is 11.5 Å². The number of ether oxygens (including phenoxy) is 2. The van der Waals surface area contributed by atoms with Gasteiger partial charge in [-0.1, -0.05) is 20.8 Å². The van der Waals surface area contributed by atoms with Crippen LogP contribution in [0.25, 0.3) is 0 Å². The number of nitrogens with zero attached hydrogens (tertiary/aromatic N) is 1. The van der Waals surface area contributed by atoms with E-state index >= 15 is 0 Å². The molecule has 194 valence electrons. The van der Waals surface area contributed by atoms with Crippen LogP contribution < -0.4 is 20.1 Å². The zero-order valence-electron chi connectivity index (χ0n) is 21.4. The lowest BCUT2D eigenvalue weighted by atomic mass is 9.85. The smallest absolute Gasteiger partial charge is 0.412 e.